The molecule has 0 bridgehead atoms. The number of carbonyl (C=O) groups is 1. The lowest BCUT2D eigenvalue weighted by Crippen LogP contribution is -2.32. The van der Waals surface area contributed by atoms with Crippen molar-refractivity contribution in [1.82, 2.24) is 15.1 Å². The summed E-state index contributed by atoms with van der Waals surface area (Å²) in [4.78, 5) is 12.2. The predicted molar refractivity (Wildman–Crippen MR) is 91.5 cm³/mol. The summed E-state index contributed by atoms with van der Waals surface area (Å²) >= 11 is 0. The second-order valence-electron chi connectivity index (χ2n) is 7.40. The van der Waals surface area contributed by atoms with Crippen LogP contribution in [-0.2, 0) is 22.5 Å². The molecule has 1 aliphatic heterocycles. The van der Waals surface area contributed by atoms with E-state index in [4.69, 9.17) is 9.84 Å². The van der Waals surface area contributed by atoms with Gasteiger partial charge in [0.05, 0.1) is 12.3 Å². The zero-order chi connectivity index (χ0) is 16.4. The molecular weight excluding hydrogens is 302 g/mol. The summed E-state index contributed by atoms with van der Waals surface area (Å²) in [5.41, 5.74) is 3.60. The first kappa shape index (κ1) is 15.9. The van der Waals surface area contributed by atoms with E-state index >= 15 is 0 Å². The molecule has 0 saturated heterocycles. The fraction of sp³-hybridized carbons (Fsp3) is 0.684. The van der Waals surface area contributed by atoms with Gasteiger partial charge in [-0.25, -0.2) is 0 Å². The molecule has 0 aromatic carbocycles. The van der Waals surface area contributed by atoms with Crippen LogP contribution in [0.25, 0.3) is 0 Å². The largest absolute Gasteiger partial charge is 0.370 e. The fourth-order valence-electron chi connectivity index (χ4n) is 3.69. The number of rotatable bonds is 6. The fourth-order valence-corrected chi connectivity index (χ4v) is 3.69. The Balaban J connectivity index is 1.32. The zero-order valence-electron chi connectivity index (χ0n) is 14.3. The van der Waals surface area contributed by atoms with Crippen molar-refractivity contribution in [3.63, 3.8) is 0 Å². The van der Waals surface area contributed by atoms with E-state index in [9.17, 15) is 4.79 Å². The third-order valence-electron chi connectivity index (χ3n) is 5.26. The second kappa shape index (κ2) is 7.09. The highest BCUT2D eigenvalue weighted by molar-refractivity contribution is 5.78. The van der Waals surface area contributed by atoms with Crippen LogP contribution in [0.2, 0.25) is 0 Å². The van der Waals surface area contributed by atoms with Crippen molar-refractivity contribution in [2.75, 3.05) is 13.2 Å². The van der Waals surface area contributed by atoms with Gasteiger partial charge in [0.15, 0.2) is 0 Å². The first-order valence-corrected chi connectivity index (χ1v) is 9.40. The minimum Gasteiger partial charge on any atom is -0.370 e. The van der Waals surface area contributed by atoms with Gasteiger partial charge in [-0.3, -0.25) is 9.48 Å². The molecule has 5 heteroatoms. The molecule has 0 unspecified atom stereocenters. The van der Waals surface area contributed by atoms with Crippen molar-refractivity contribution in [2.24, 2.45) is 5.92 Å². The SMILES string of the molecule is O=C(CC1=CCCCC1)NC[C@H]1OCCc2cn(CC3CC3)nc21. The summed E-state index contributed by atoms with van der Waals surface area (Å²) < 4.78 is 7.96. The molecule has 1 N–H and O–H groups in total. The maximum Gasteiger partial charge on any atom is 0.224 e. The average Bonchev–Trinajstić information content (AvgIpc) is 3.30. The van der Waals surface area contributed by atoms with E-state index in [-0.39, 0.29) is 12.0 Å². The van der Waals surface area contributed by atoms with Crippen LogP contribution in [-0.4, -0.2) is 28.8 Å². The number of carbonyl (C=O) groups excluding carboxylic acids is 1. The number of nitrogens with one attached hydrogen (secondary N) is 1. The van der Waals surface area contributed by atoms with Crippen LogP contribution in [0.3, 0.4) is 0 Å². The van der Waals surface area contributed by atoms with Crippen molar-refractivity contribution < 1.29 is 9.53 Å². The maximum atomic E-state index is 12.2. The topological polar surface area (TPSA) is 56.1 Å². The Kier molecular flexibility index (Phi) is 4.69. The van der Waals surface area contributed by atoms with Gasteiger partial charge in [-0.05, 0) is 56.4 Å². The van der Waals surface area contributed by atoms with Crippen molar-refractivity contribution in [3.8, 4) is 0 Å². The third-order valence-corrected chi connectivity index (χ3v) is 5.26. The van der Waals surface area contributed by atoms with E-state index in [1.54, 1.807) is 0 Å². The van der Waals surface area contributed by atoms with E-state index in [1.165, 1.54) is 36.8 Å². The van der Waals surface area contributed by atoms with Gasteiger partial charge < -0.3 is 10.1 Å². The van der Waals surface area contributed by atoms with E-state index in [2.05, 4.69) is 22.3 Å². The van der Waals surface area contributed by atoms with Gasteiger partial charge in [-0.2, -0.15) is 5.10 Å². The molecule has 3 aliphatic rings. The molecule has 130 valence electrons. The molecule has 5 nitrogen and oxygen atoms in total. The van der Waals surface area contributed by atoms with Crippen molar-refractivity contribution in [3.05, 3.63) is 29.1 Å². The molecular formula is C19H27N3O2. The molecule has 1 atom stereocenters. The quantitative estimate of drug-likeness (QED) is 0.817. The number of nitrogens with zero attached hydrogens (tertiary/aromatic N) is 2. The molecule has 2 aliphatic carbocycles. The highest BCUT2D eigenvalue weighted by Crippen LogP contribution is 2.32. The number of fused-ring (bicyclic) bond motifs is 1. The lowest BCUT2D eigenvalue weighted by atomic mass is 9.97. The van der Waals surface area contributed by atoms with Crippen LogP contribution in [0.1, 0.15) is 62.3 Å². The van der Waals surface area contributed by atoms with Crippen LogP contribution in [0.15, 0.2) is 17.8 Å². The summed E-state index contributed by atoms with van der Waals surface area (Å²) in [6.07, 6.45) is 13.1. The molecule has 1 aromatic heterocycles. The minimum absolute atomic E-state index is 0.0986. The number of ether oxygens (including phenoxy) is 1. The van der Waals surface area contributed by atoms with Crippen LogP contribution < -0.4 is 5.32 Å². The summed E-state index contributed by atoms with van der Waals surface area (Å²) in [6.45, 7) is 2.27. The first-order valence-electron chi connectivity index (χ1n) is 9.40. The smallest absolute Gasteiger partial charge is 0.224 e. The molecule has 2 heterocycles. The monoisotopic (exact) mass is 329 g/mol. The van der Waals surface area contributed by atoms with Crippen LogP contribution in [0.4, 0.5) is 0 Å². The number of hydrogen-bond donors (Lipinski definition) is 1. The van der Waals surface area contributed by atoms with Gasteiger partial charge in [0.1, 0.15) is 6.10 Å². The predicted octanol–water partition coefficient (Wildman–Crippen LogP) is 2.91. The van der Waals surface area contributed by atoms with Gasteiger partial charge in [-0.1, -0.05) is 11.6 Å². The lowest BCUT2D eigenvalue weighted by molar-refractivity contribution is -0.121. The number of allylic oxidation sites excluding steroid dienone is 1. The molecule has 1 fully saturated rings. The van der Waals surface area contributed by atoms with E-state index in [0.29, 0.717) is 19.6 Å². The molecule has 24 heavy (non-hydrogen) atoms. The van der Waals surface area contributed by atoms with Crippen LogP contribution in [0.5, 0.6) is 0 Å². The van der Waals surface area contributed by atoms with Gasteiger partial charge in [-0.15, -0.1) is 0 Å². The zero-order valence-corrected chi connectivity index (χ0v) is 14.3. The lowest BCUT2D eigenvalue weighted by Gasteiger charge is -2.22. The summed E-state index contributed by atoms with van der Waals surface area (Å²) in [7, 11) is 0. The Hall–Kier alpha value is -1.62. The van der Waals surface area contributed by atoms with Crippen LogP contribution >= 0.6 is 0 Å². The number of hydrogen-bond acceptors (Lipinski definition) is 3. The van der Waals surface area contributed by atoms with Gasteiger partial charge >= 0.3 is 0 Å². The van der Waals surface area contributed by atoms with E-state index < -0.39 is 0 Å². The molecule has 4 rings (SSSR count). The Labute approximate surface area is 143 Å². The van der Waals surface area contributed by atoms with Crippen LogP contribution in [0, 0.1) is 5.92 Å². The molecule has 1 amide bonds. The second-order valence-corrected chi connectivity index (χ2v) is 7.40. The van der Waals surface area contributed by atoms with Crippen molar-refractivity contribution in [1.29, 1.82) is 0 Å². The van der Waals surface area contributed by atoms with Gasteiger partial charge in [0.2, 0.25) is 5.91 Å². The summed E-state index contributed by atoms with van der Waals surface area (Å²) in [6, 6.07) is 0. The number of amides is 1. The maximum absolute atomic E-state index is 12.2. The first-order chi connectivity index (χ1) is 11.8. The summed E-state index contributed by atoms with van der Waals surface area (Å²) in [5, 5.41) is 7.78. The van der Waals surface area contributed by atoms with E-state index in [1.807, 2.05) is 0 Å². The Morgan fingerprint density at radius 2 is 2.25 bits per heavy atom. The Bertz CT molecular complexity index is 631. The van der Waals surface area contributed by atoms with Crippen molar-refractivity contribution in [2.45, 2.75) is 64.0 Å². The normalized spacial score (nSPS) is 23.5. The average molecular weight is 329 g/mol. The highest BCUT2D eigenvalue weighted by atomic mass is 16.5. The number of aromatic nitrogens is 2. The van der Waals surface area contributed by atoms with Gasteiger partial charge in [0, 0.05) is 25.7 Å². The Morgan fingerprint density at radius 3 is 3.04 bits per heavy atom. The van der Waals surface area contributed by atoms with E-state index in [0.717, 1.165) is 37.4 Å². The van der Waals surface area contributed by atoms with Crippen molar-refractivity contribution >= 4 is 5.91 Å². The summed E-state index contributed by atoms with van der Waals surface area (Å²) in [5.74, 6) is 0.922. The highest BCUT2D eigenvalue weighted by Gasteiger charge is 2.27. The molecule has 1 aromatic rings. The molecule has 0 spiro atoms. The standard InChI is InChI=1S/C19H27N3O2/c23-18(10-14-4-2-1-3-5-14)20-11-17-19-16(8-9-24-17)13-22(21-19)12-15-6-7-15/h4,13,15,17H,1-3,5-12H2,(H,20,23)/t17-/m1/s1. The minimum atomic E-state index is -0.0986. The Morgan fingerprint density at radius 1 is 1.33 bits per heavy atom. The third kappa shape index (κ3) is 3.89. The van der Waals surface area contributed by atoms with Gasteiger partial charge in [0.25, 0.3) is 0 Å². The molecule has 1 saturated carbocycles. The molecule has 0 radical (unpaired) electrons.